The molecule has 0 aromatic carbocycles. The number of aliphatic hydroxyl groups excluding tert-OH is 2. The minimum absolute atomic E-state index is 0.195. The Kier molecular flexibility index (Phi) is 4.50. The zero-order valence-electron chi connectivity index (χ0n) is 9.80. The van der Waals surface area contributed by atoms with E-state index in [-0.39, 0.29) is 6.61 Å². The monoisotopic (exact) mass is 271 g/mol. The molecule has 0 aliphatic carbocycles. The van der Waals surface area contributed by atoms with Crippen LogP contribution in [-0.2, 0) is 0 Å². The third-order valence-corrected chi connectivity index (χ3v) is 5.14. The van der Waals surface area contributed by atoms with Crippen molar-refractivity contribution in [1.82, 2.24) is 4.90 Å². The largest absolute Gasteiger partial charge is 0.396 e. The molecule has 1 aromatic rings. The van der Waals surface area contributed by atoms with Gasteiger partial charge in [0.2, 0.25) is 0 Å². The van der Waals surface area contributed by atoms with Crippen LogP contribution in [0.4, 0.5) is 0 Å². The Hall–Kier alpha value is -0.490. The van der Waals surface area contributed by atoms with E-state index in [4.69, 9.17) is 5.11 Å². The molecule has 1 aliphatic rings. The molecule has 0 spiro atoms. The molecule has 94 valence electrons. The van der Waals surface area contributed by atoms with Gasteiger partial charge < -0.3 is 15.1 Å². The number of thioether (sulfide) groups is 1. The summed E-state index contributed by atoms with van der Waals surface area (Å²) in [5.74, 6) is 0.879. The van der Waals surface area contributed by atoms with E-state index in [0.717, 1.165) is 17.2 Å². The van der Waals surface area contributed by atoms with Crippen molar-refractivity contribution < 1.29 is 10.2 Å². The van der Waals surface area contributed by atoms with Crippen molar-refractivity contribution in [3.8, 4) is 0 Å². The molecule has 2 rings (SSSR count). The third-order valence-electron chi connectivity index (χ3n) is 2.88. The van der Waals surface area contributed by atoms with Crippen molar-refractivity contribution in [2.24, 2.45) is 0 Å². The maximum Gasteiger partial charge on any atom is 0.106 e. The van der Waals surface area contributed by atoms with Gasteiger partial charge in [-0.2, -0.15) is 0 Å². The van der Waals surface area contributed by atoms with Crippen LogP contribution in [0.15, 0.2) is 28.1 Å². The van der Waals surface area contributed by atoms with Crippen LogP contribution in [0.5, 0.6) is 0 Å². The Balaban J connectivity index is 1.96. The lowest BCUT2D eigenvalue weighted by Gasteiger charge is -2.22. The minimum Gasteiger partial charge on any atom is -0.396 e. The highest BCUT2D eigenvalue weighted by Gasteiger charge is 2.22. The summed E-state index contributed by atoms with van der Waals surface area (Å²) >= 11 is 3.35. The second kappa shape index (κ2) is 5.91. The van der Waals surface area contributed by atoms with Gasteiger partial charge in [-0.15, -0.1) is 23.1 Å². The van der Waals surface area contributed by atoms with Crippen LogP contribution < -0.4 is 0 Å². The Morgan fingerprint density at radius 3 is 3.00 bits per heavy atom. The van der Waals surface area contributed by atoms with Gasteiger partial charge in [-0.25, -0.2) is 0 Å². The van der Waals surface area contributed by atoms with Crippen LogP contribution in [0, 0.1) is 0 Å². The normalized spacial score (nSPS) is 17.9. The number of nitrogens with zero attached hydrogens (tertiary/aromatic N) is 1. The summed E-state index contributed by atoms with van der Waals surface area (Å²) in [6.45, 7) is 2.89. The molecular weight excluding hydrogens is 254 g/mol. The number of allylic oxidation sites excluding steroid dienone is 1. The summed E-state index contributed by atoms with van der Waals surface area (Å²) in [5, 5.41) is 21.0. The first kappa shape index (κ1) is 13.0. The van der Waals surface area contributed by atoms with Gasteiger partial charge in [0.15, 0.2) is 0 Å². The van der Waals surface area contributed by atoms with E-state index < -0.39 is 6.10 Å². The van der Waals surface area contributed by atoms with E-state index in [9.17, 15) is 5.11 Å². The van der Waals surface area contributed by atoms with Crippen LogP contribution in [0.3, 0.4) is 0 Å². The number of hydrogen-bond acceptors (Lipinski definition) is 5. The van der Waals surface area contributed by atoms with Crippen molar-refractivity contribution in [2.75, 3.05) is 19.0 Å². The lowest BCUT2D eigenvalue weighted by Crippen LogP contribution is -2.23. The molecule has 1 atom stereocenters. The van der Waals surface area contributed by atoms with Crippen LogP contribution in [0.25, 0.3) is 0 Å². The third kappa shape index (κ3) is 3.04. The summed E-state index contributed by atoms with van der Waals surface area (Å²) in [6, 6.07) is 3.92. The molecule has 1 aromatic heterocycles. The molecular formula is C12H17NO2S2. The average Bonchev–Trinajstić information content (AvgIpc) is 2.94. The molecule has 0 saturated carbocycles. The molecule has 1 aliphatic heterocycles. The minimum atomic E-state index is -0.418. The number of thiophene rings is 1. The standard InChI is InChI=1S/C12H17NO2S2/c1-9-11(4-5-14)17-8-13(9)7-10(15)12-3-2-6-16-12/h2-3,6,10,14-15H,4-5,7-8H2,1H3. The predicted molar refractivity (Wildman–Crippen MR) is 72.8 cm³/mol. The highest BCUT2D eigenvalue weighted by molar-refractivity contribution is 8.03. The fourth-order valence-corrected chi connectivity index (χ4v) is 3.74. The maximum atomic E-state index is 10.1. The number of aliphatic hydroxyl groups is 2. The van der Waals surface area contributed by atoms with Crippen molar-refractivity contribution >= 4 is 23.1 Å². The Bertz CT molecular complexity index is 389. The van der Waals surface area contributed by atoms with Crippen molar-refractivity contribution in [3.63, 3.8) is 0 Å². The van der Waals surface area contributed by atoms with Gasteiger partial charge in [0.05, 0.1) is 5.88 Å². The van der Waals surface area contributed by atoms with Gasteiger partial charge in [0.1, 0.15) is 6.10 Å². The molecule has 0 amide bonds. The second-order valence-electron chi connectivity index (χ2n) is 4.01. The molecule has 17 heavy (non-hydrogen) atoms. The maximum absolute atomic E-state index is 10.1. The number of rotatable bonds is 5. The zero-order valence-corrected chi connectivity index (χ0v) is 11.4. The fraction of sp³-hybridized carbons (Fsp3) is 0.500. The average molecular weight is 271 g/mol. The molecule has 2 N–H and O–H groups in total. The Labute approximate surface area is 110 Å². The molecule has 1 unspecified atom stereocenters. The quantitative estimate of drug-likeness (QED) is 0.863. The molecule has 0 saturated heterocycles. The van der Waals surface area contributed by atoms with Crippen LogP contribution in [0.2, 0.25) is 0 Å². The van der Waals surface area contributed by atoms with Gasteiger partial charge in [0, 0.05) is 35.1 Å². The SMILES string of the molecule is CC1=C(CCO)SCN1CC(O)c1cccs1. The molecule has 0 radical (unpaired) electrons. The Morgan fingerprint density at radius 2 is 2.35 bits per heavy atom. The van der Waals surface area contributed by atoms with Crippen LogP contribution >= 0.6 is 23.1 Å². The second-order valence-corrected chi connectivity index (χ2v) is 6.03. The predicted octanol–water partition coefficient (Wildman–Crippen LogP) is 2.40. The van der Waals surface area contributed by atoms with E-state index in [0.29, 0.717) is 6.54 Å². The van der Waals surface area contributed by atoms with Crippen molar-refractivity contribution in [3.05, 3.63) is 33.0 Å². The van der Waals surface area contributed by atoms with Crippen molar-refractivity contribution in [2.45, 2.75) is 19.4 Å². The summed E-state index contributed by atoms with van der Waals surface area (Å²) in [6.07, 6.45) is 0.307. The molecule has 5 heteroatoms. The highest BCUT2D eigenvalue weighted by Crippen LogP contribution is 2.35. The van der Waals surface area contributed by atoms with Gasteiger partial charge in [-0.3, -0.25) is 0 Å². The first-order chi connectivity index (χ1) is 8.22. The van der Waals surface area contributed by atoms with Gasteiger partial charge in [-0.1, -0.05) is 6.07 Å². The van der Waals surface area contributed by atoms with Crippen LogP contribution in [-0.4, -0.2) is 34.1 Å². The summed E-state index contributed by atoms with van der Waals surface area (Å²) in [4.78, 5) is 4.43. The smallest absolute Gasteiger partial charge is 0.106 e. The Morgan fingerprint density at radius 1 is 1.53 bits per heavy atom. The summed E-state index contributed by atoms with van der Waals surface area (Å²) in [7, 11) is 0. The fourth-order valence-electron chi connectivity index (χ4n) is 1.86. The summed E-state index contributed by atoms with van der Waals surface area (Å²) in [5.41, 5.74) is 1.19. The zero-order chi connectivity index (χ0) is 12.3. The lowest BCUT2D eigenvalue weighted by atomic mass is 10.2. The number of hydrogen-bond donors (Lipinski definition) is 2. The molecule has 3 nitrogen and oxygen atoms in total. The van der Waals surface area contributed by atoms with E-state index in [2.05, 4.69) is 11.8 Å². The molecule has 2 heterocycles. The van der Waals surface area contributed by atoms with Crippen molar-refractivity contribution in [1.29, 1.82) is 0 Å². The molecule has 0 fully saturated rings. The van der Waals surface area contributed by atoms with Gasteiger partial charge >= 0.3 is 0 Å². The van der Waals surface area contributed by atoms with E-state index in [1.54, 1.807) is 23.1 Å². The summed E-state index contributed by atoms with van der Waals surface area (Å²) < 4.78 is 0. The lowest BCUT2D eigenvalue weighted by molar-refractivity contribution is 0.142. The van der Waals surface area contributed by atoms with Crippen LogP contribution in [0.1, 0.15) is 24.3 Å². The van der Waals surface area contributed by atoms with E-state index in [1.807, 2.05) is 17.5 Å². The molecule has 0 bridgehead atoms. The first-order valence-electron chi connectivity index (χ1n) is 5.62. The van der Waals surface area contributed by atoms with E-state index in [1.165, 1.54) is 10.6 Å². The topological polar surface area (TPSA) is 43.7 Å². The van der Waals surface area contributed by atoms with Gasteiger partial charge in [-0.05, 0) is 18.4 Å². The van der Waals surface area contributed by atoms with E-state index >= 15 is 0 Å². The number of β-amino-alcohol motifs (C(OH)–C–C–N with tert-alkyl or cyclic N) is 1. The van der Waals surface area contributed by atoms with Gasteiger partial charge in [0.25, 0.3) is 0 Å². The first-order valence-corrected chi connectivity index (χ1v) is 7.48. The highest BCUT2D eigenvalue weighted by atomic mass is 32.2.